The fraction of sp³-hybridized carbons (Fsp3) is 0.294. The molecule has 7 heteroatoms. The maximum atomic E-state index is 13.1. The summed E-state index contributed by atoms with van der Waals surface area (Å²) >= 11 is 0. The minimum absolute atomic E-state index is 0.0971. The van der Waals surface area contributed by atoms with Gasteiger partial charge < -0.3 is 4.74 Å². The first-order valence-corrected chi connectivity index (χ1v) is 9.27. The minimum atomic E-state index is -3.89. The highest BCUT2D eigenvalue weighted by molar-refractivity contribution is 7.90. The Morgan fingerprint density at radius 3 is 2.75 bits per heavy atom. The Bertz CT molecular complexity index is 964. The second kappa shape index (κ2) is 6.60. The van der Waals surface area contributed by atoms with Crippen molar-refractivity contribution in [3.8, 4) is 5.75 Å². The number of fused-ring (bicyclic) bond motifs is 1. The summed E-state index contributed by atoms with van der Waals surface area (Å²) in [6, 6.07) is 12.0. The van der Waals surface area contributed by atoms with Crippen LogP contribution in [-0.2, 0) is 10.0 Å². The SMILES string of the molecule is CCCCOc1cc(C)ccc1S(=O)(=O)n1nnc2ccccc21. The molecular weight excluding hydrogens is 326 g/mol. The van der Waals surface area contributed by atoms with Gasteiger partial charge in [-0.3, -0.25) is 0 Å². The van der Waals surface area contributed by atoms with Crippen molar-refractivity contribution in [1.29, 1.82) is 0 Å². The first-order chi connectivity index (χ1) is 11.5. The summed E-state index contributed by atoms with van der Waals surface area (Å²) < 4.78 is 32.8. The van der Waals surface area contributed by atoms with Crippen LogP contribution in [-0.4, -0.2) is 29.4 Å². The normalized spacial score (nSPS) is 11.8. The molecule has 126 valence electrons. The lowest BCUT2D eigenvalue weighted by atomic mass is 10.2. The predicted molar refractivity (Wildman–Crippen MR) is 91.7 cm³/mol. The van der Waals surface area contributed by atoms with Crippen molar-refractivity contribution in [3.05, 3.63) is 48.0 Å². The summed E-state index contributed by atoms with van der Waals surface area (Å²) in [4.78, 5) is 0.0971. The van der Waals surface area contributed by atoms with Crippen molar-refractivity contribution < 1.29 is 13.2 Å². The Morgan fingerprint density at radius 2 is 1.96 bits per heavy atom. The summed E-state index contributed by atoms with van der Waals surface area (Å²) in [5, 5.41) is 7.75. The van der Waals surface area contributed by atoms with Crippen LogP contribution in [0.3, 0.4) is 0 Å². The van der Waals surface area contributed by atoms with Crippen LogP contribution in [0.25, 0.3) is 11.0 Å². The van der Waals surface area contributed by atoms with Gasteiger partial charge >= 0.3 is 0 Å². The first kappa shape index (κ1) is 16.4. The highest BCUT2D eigenvalue weighted by Crippen LogP contribution is 2.28. The molecule has 0 atom stereocenters. The average Bonchev–Trinajstić information content (AvgIpc) is 3.00. The third kappa shape index (κ3) is 2.99. The van der Waals surface area contributed by atoms with Gasteiger partial charge in [0.1, 0.15) is 21.7 Å². The molecule has 6 nitrogen and oxygen atoms in total. The van der Waals surface area contributed by atoms with Gasteiger partial charge in [-0.25, -0.2) is 0 Å². The van der Waals surface area contributed by atoms with E-state index in [1.54, 1.807) is 42.5 Å². The number of unbranched alkanes of at least 4 members (excludes halogenated alkanes) is 1. The van der Waals surface area contributed by atoms with Gasteiger partial charge in [0, 0.05) is 0 Å². The van der Waals surface area contributed by atoms with E-state index in [9.17, 15) is 8.42 Å². The van der Waals surface area contributed by atoms with Crippen LogP contribution in [0.2, 0.25) is 0 Å². The monoisotopic (exact) mass is 345 g/mol. The van der Waals surface area contributed by atoms with Gasteiger partial charge in [0.25, 0.3) is 10.0 Å². The summed E-state index contributed by atoms with van der Waals surface area (Å²) in [7, 11) is -3.89. The van der Waals surface area contributed by atoms with Gasteiger partial charge in [-0.05, 0) is 43.2 Å². The molecule has 0 aliphatic carbocycles. The second-order valence-electron chi connectivity index (χ2n) is 5.58. The molecule has 2 aromatic carbocycles. The molecule has 24 heavy (non-hydrogen) atoms. The number of benzene rings is 2. The molecule has 0 saturated heterocycles. The Balaban J connectivity index is 2.09. The van der Waals surface area contributed by atoms with Crippen LogP contribution in [0, 0.1) is 6.92 Å². The van der Waals surface area contributed by atoms with Crippen molar-refractivity contribution in [2.24, 2.45) is 0 Å². The summed E-state index contributed by atoms with van der Waals surface area (Å²) in [6.45, 7) is 4.42. The Labute approximate surface area is 141 Å². The molecule has 1 heterocycles. The van der Waals surface area contributed by atoms with E-state index in [-0.39, 0.29) is 4.90 Å². The van der Waals surface area contributed by atoms with E-state index in [1.807, 2.05) is 6.92 Å². The van der Waals surface area contributed by atoms with Gasteiger partial charge in [0.15, 0.2) is 0 Å². The zero-order chi connectivity index (χ0) is 17.2. The van der Waals surface area contributed by atoms with Gasteiger partial charge in [-0.2, -0.15) is 8.42 Å². The Morgan fingerprint density at radius 1 is 1.17 bits per heavy atom. The van der Waals surface area contributed by atoms with Crippen molar-refractivity contribution in [1.82, 2.24) is 14.4 Å². The van der Waals surface area contributed by atoms with Crippen LogP contribution >= 0.6 is 0 Å². The standard InChI is InChI=1S/C17H19N3O3S/c1-3-4-11-23-16-12-13(2)9-10-17(16)24(21,22)20-15-8-6-5-7-14(15)18-19-20/h5-10,12H,3-4,11H2,1-2H3. The lowest BCUT2D eigenvalue weighted by Crippen LogP contribution is -2.16. The second-order valence-corrected chi connectivity index (χ2v) is 7.31. The van der Waals surface area contributed by atoms with Crippen molar-refractivity contribution in [3.63, 3.8) is 0 Å². The van der Waals surface area contributed by atoms with Crippen LogP contribution in [0.4, 0.5) is 0 Å². The highest BCUT2D eigenvalue weighted by Gasteiger charge is 2.25. The van der Waals surface area contributed by atoms with Gasteiger partial charge in [0.05, 0.1) is 6.61 Å². The fourth-order valence-electron chi connectivity index (χ4n) is 2.39. The third-order valence-corrected chi connectivity index (χ3v) is 5.30. The average molecular weight is 345 g/mol. The van der Waals surface area contributed by atoms with Crippen LogP contribution < -0.4 is 4.74 Å². The van der Waals surface area contributed by atoms with Crippen LogP contribution in [0.15, 0.2) is 47.4 Å². The van der Waals surface area contributed by atoms with E-state index < -0.39 is 10.0 Å². The van der Waals surface area contributed by atoms with Gasteiger partial charge in [0.2, 0.25) is 0 Å². The van der Waals surface area contributed by atoms with Crippen LogP contribution in [0.1, 0.15) is 25.3 Å². The number of aromatic nitrogens is 3. The van der Waals surface area contributed by atoms with E-state index >= 15 is 0 Å². The molecule has 3 aromatic rings. The number of nitrogens with zero attached hydrogens (tertiary/aromatic N) is 3. The van der Waals surface area contributed by atoms with Gasteiger partial charge in [-0.1, -0.05) is 36.8 Å². The lowest BCUT2D eigenvalue weighted by Gasteiger charge is -2.12. The summed E-state index contributed by atoms with van der Waals surface area (Å²) in [5.74, 6) is 0.350. The summed E-state index contributed by atoms with van der Waals surface area (Å²) in [5.41, 5.74) is 1.91. The minimum Gasteiger partial charge on any atom is -0.492 e. The number of para-hydroxylation sites is 1. The highest BCUT2D eigenvalue weighted by atomic mass is 32.2. The first-order valence-electron chi connectivity index (χ1n) is 7.83. The van der Waals surface area contributed by atoms with E-state index in [4.69, 9.17) is 4.74 Å². The number of rotatable bonds is 6. The molecule has 3 rings (SSSR count). The number of hydrogen-bond acceptors (Lipinski definition) is 5. The zero-order valence-corrected chi connectivity index (χ0v) is 14.5. The van der Waals surface area contributed by atoms with Gasteiger partial charge in [-0.15, -0.1) is 9.19 Å². The van der Waals surface area contributed by atoms with E-state index in [0.29, 0.717) is 23.4 Å². The van der Waals surface area contributed by atoms with Crippen LogP contribution in [0.5, 0.6) is 5.75 Å². The molecule has 0 fully saturated rings. The predicted octanol–water partition coefficient (Wildman–Crippen LogP) is 3.16. The van der Waals surface area contributed by atoms with E-state index in [1.165, 1.54) is 0 Å². The van der Waals surface area contributed by atoms with Crippen molar-refractivity contribution in [2.45, 2.75) is 31.6 Å². The third-order valence-electron chi connectivity index (χ3n) is 3.68. The molecule has 0 bridgehead atoms. The quantitative estimate of drug-likeness (QED) is 0.642. The summed E-state index contributed by atoms with van der Waals surface area (Å²) in [6.07, 6.45) is 1.83. The molecule has 0 N–H and O–H groups in total. The number of ether oxygens (including phenoxy) is 1. The maximum absolute atomic E-state index is 13.1. The van der Waals surface area contributed by atoms with Crippen molar-refractivity contribution in [2.75, 3.05) is 6.61 Å². The Hall–Kier alpha value is -2.41. The molecule has 0 radical (unpaired) electrons. The zero-order valence-electron chi connectivity index (χ0n) is 13.6. The molecule has 0 aliphatic rings. The Kier molecular flexibility index (Phi) is 4.53. The largest absolute Gasteiger partial charge is 0.492 e. The molecule has 1 aromatic heterocycles. The molecule has 0 spiro atoms. The van der Waals surface area contributed by atoms with Crippen molar-refractivity contribution >= 4 is 21.1 Å². The fourth-order valence-corrected chi connectivity index (χ4v) is 3.73. The number of aryl methyl sites for hydroxylation is 1. The van der Waals surface area contributed by atoms with E-state index in [2.05, 4.69) is 17.2 Å². The maximum Gasteiger partial charge on any atom is 0.288 e. The molecule has 0 unspecified atom stereocenters. The molecular formula is C17H19N3O3S. The smallest absolute Gasteiger partial charge is 0.288 e. The molecule has 0 amide bonds. The van der Waals surface area contributed by atoms with E-state index in [0.717, 1.165) is 22.5 Å². The molecule has 0 aliphatic heterocycles. The number of hydrogen-bond donors (Lipinski definition) is 0. The molecule has 0 saturated carbocycles. The lowest BCUT2D eigenvalue weighted by molar-refractivity contribution is 0.301. The topological polar surface area (TPSA) is 74.1 Å².